The summed E-state index contributed by atoms with van der Waals surface area (Å²) in [5.74, 6) is -0.434. The van der Waals surface area contributed by atoms with Gasteiger partial charge in [0.1, 0.15) is 0 Å². The number of amides is 2. The number of rotatable bonds is 10. The number of carbonyl (C=O) groups is 2. The van der Waals surface area contributed by atoms with E-state index in [-0.39, 0.29) is 56.4 Å². The Bertz CT molecular complexity index is 492. The van der Waals surface area contributed by atoms with Crippen molar-refractivity contribution in [2.75, 3.05) is 26.2 Å². The average molecular weight is 385 g/mol. The van der Waals surface area contributed by atoms with Crippen LogP contribution in [0.1, 0.15) is 75.2 Å². The molecule has 0 bridgehead atoms. The molecule has 5 nitrogen and oxygen atoms in total. The summed E-state index contributed by atoms with van der Waals surface area (Å²) in [4.78, 5) is 26.0. The van der Waals surface area contributed by atoms with E-state index < -0.39 is 0 Å². The number of hydrogen-bond donors (Lipinski definition) is 2. The van der Waals surface area contributed by atoms with Crippen molar-refractivity contribution in [1.29, 1.82) is 0 Å². The normalized spacial score (nSPS) is 17.6. The summed E-state index contributed by atoms with van der Waals surface area (Å²) in [6.45, 7) is 16.8. The van der Waals surface area contributed by atoms with Crippen molar-refractivity contribution in [3.05, 3.63) is 12.2 Å². The lowest BCUT2D eigenvalue weighted by molar-refractivity contribution is -0.139. The molecule has 0 saturated carbocycles. The molecule has 0 aromatic rings. The van der Waals surface area contributed by atoms with E-state index in [2.05, 4.69) is 46.5 Å². The molecule has 5 heteroatoms. The summed E-state index contributed by atoms with van der Waals surface area (Å²) in [5, 5.41) is 11.7. The fourth-order valence-corrected chi connectivity index (χ4v) is 4.14. The lowest BCUT2D eigenvalue weighted by Gasteiger charge is -2.33. The molecule has 1 aliphatic rings. The summed E-state index contributed by atoms with van der Waals surface area (Å²) in [7, 11) is 0. The van der Waals surface area contributed by atoms with E-state index in [1.54, 1.807) is 0 Å². The molecule has 0 spiro atoms. The molecule has 0 aromatic heterocycles. The van der Waals surface area contributed by atoms with E-state index in [0.717, 1.165) is 18.4 Å². The predicted molar refractivity (Wildman–Crippen MR) is 114 cm³/mol. The summed E-state index contributed by atoms with van der Waals surface area (Å²) in [6.07, 6.45) is 2.84. The summed E-state index contributed by atoms with van der Waals surface area (Å²) < 4.78 is 0. The maximum atomic E-state index is 12.5. The topological polar surface area (TPSA) is 69.6 Å². The fourth-order valence-electron chi connectivity index (χ4n) is 4.14. The Morgan fingerprint density at radius 1 is 1.19 bits per heavy atom. The van der Waals surface area contributed by atoms with Crippen LogP contribution in [0.2, 0.25) is 0 Å². The zero-order valence-corrected chi connectivity index (χ0v) is 16.7. The molecular formula is C22H44N2O3. The van der Waals surface area contributed by atoms with Gasteiger partial charge in [-0.05, 0) is 30.1 Å². The van der Waals surface area contributed by atoms with Gasteiger partial charge in [0.05, 0.1) is 12.5 Å². The van der Waals surface area contributed by atoms with Gasteiger partial charge in [-0.25, -0.2) is 0 Å². The van der Waals surface area contributed by atoms with Gasteiger partial charge in [-0.15, -0.1) is 0 Å². The number of allylic oxidation sites excluding steroid dienone is 1. The minimum atomic E-state index is -0.261. The van der Waals surface area contributed by atoms with Crippen LogP contribution >= 0.6 is 0 Å². The highest BCUT2D eigenvalue weighted by atomic mass is 16.3. The van der Waals surface area contributed by atoms with E-state index >= 15 is 0 Å². The fraction of sp³-hybridized carbons (Fsp3) is 0.818. The Hall–Kier alpha value is -1.20. The van der Waals surface area contributed by atoms with Crippen LogP contribution in [0, 0.1) is 16.7 Å². The van der Waals surface area contributed by atoms with Crippen LogP contribution in [-0.2, 0) is 9.59 Å². The Labute approximate surface area is 167 Å². The molecule has 160 valence electrons. The maximum absolute atomic E-state index is 12.5. The Morgan fingerprint density at radius 2 is 1.78 bits per heavy atom. The SMILES string of the molecule is C.C.C=C(CC1CC(=O)N(CCNCCO)C1=O)CC(C)(C)CC(C)(C)C. The molecule has 2 N–H and O–H groups in total. The third-order valence-corrected chi connectivity index (χ3v) is 4.41. The van der Waals surface area contributed by atoms with E-state index in [9.17, 15) is 9.59 Å². The third-order valence-electron chi connectivity index (χ3n) is 4.41. The maximum Gasteiger partial charge on any atom is 0.233 e. The minimum absolute atomic E-state index is 0. The van der Waals surface area contributed by atoms with Crippen molar-refractivity contribution in [1.82, 2.24) is 10.2 Å². The number of nitrogens with one attached hydrogen (secondary N) is 1. The van der Waals surface area contributed by atoms with Gasteiger partial charge in [0, 0.05) is 26.1 Å². The van der Waals surface area contributed by atoms with Gasteiger partial charge in [0.15, 0.2) is 0 Å². The van der Waals surface area contributed by atoms with E-state index in [1.165, 1.54) is 4.90 Å². The van der Waals surface area contributed by atoms with Crippen molar-refractivity contribution in [2.24, 2.45) is 16.7 Å². The average Bonchev–Trinajstić information content (AvgIpc) is 2.66. The Kier molecular flexibility index (Phi) is 12.0. The highest BCUT2D eigenvalue weighted by Crippen LogP contribution is 2.39. The highest BCUT2D eigenvalue weighted by Gasteiger charge is 2.38. The van der Waals surface area contributed by atoms with Crippen LogP contribution in [-0.4, -0.2) is 48.1 Å². The van der Waals surface area contributed by atoms with E-state index in [1.807, 2.05) is 0 Å². The molecule has 0 aromatic carbocycles. The standard InChI is InChI=1S/C20H36N2O3.2CH4/c1-15(13-20(5,6)14-19(2,3)4)11-16-12-17(24)22(18(16)25)9-7-21-8-10-23;;/h16,21,23H,1,7-14H2,2-6H3;2*1H4. The summed E-state index contributed by atoms with van der Waals surface area (Å²) in [6, 6.07) is 0. The molecule has 0 radical (unpaired) electrons. The number of aliphatic hydroxyl groups is 1. The molecule has 27 heavy (non-hydrogen) atoms. The second-order valence-corrected chi connectivity index (χ2v) is 9.29. The van der Waals surface area contributed by atoms with Crippen molar-refractivity contribution in [2.45, 2.75) is 75.2 Å². The first-order valence-corrected chi connectivity index (χ1v) is 9.28. The molecule has 1 aliphatic heterocycles. The Balaban J connectivity index is 0. The first-order chi connectivity index (χ1) is 11.4. The van der Waals surface area contributed by atoms with Crippen LogP contribution in [0.15, 0.2) is 12.2 Å². The largest absolute Gasteiger partial charge is 0.395 e. The number of hydrogen-bond acceptors (Lipinski definition) is 4. The number of aliphatic hydroxyl groups excluding tert-OH is 1. The van der Waals surface area contributed by atoms with Crippen molar-refractivity contribution in [3.63, 3.8) is 0 Å². The molecule has 1 saturated heterocycles. The summed E-state index contributed by atoms with van der Waals surface area (Å²) in [5.41, 5.74) is 1.44. The Morgan fingerprint density at radius 3 is 2.30 bits per heavy atom. The van der Waals surface area contributed by atoms with Gasteiger partial charge in [0.25, 0.3) is 0 Å². The van der Waals surface area contributed by atoms with Gasteiger partial charge < -0.3 is 10.4 Å². The summed E-state index contributed by atoms with van der Waals surface area (Å²) >= 11 is 0. The van der Waals surface area contributed by atoms with Gasteiger partial charge >= 0.3 is 0 Å². The number of carbonyl (C=O) groups excluding carboxylic acids is 2. The monoisotopic (exact) mass is 384 g/mol. The van der Waals surface area contributed by atoms with Crippen LogP contribution < -0.4 is 5.32 Å². The number of likely N-dealkylation sites (tertiary alicyclic amines) is 1. The molecule has 1 fully saturated rings. The smallest absolute Gasteiger partial charge is 0.233 e. The highest BCUT2D eigenvalue weighted by molar-refractivity contribution is 6.03. The molecule has 1 heterocycles. The van der Waals surface area contributed by atoms with Crippen LogP contribution in [0.4, 0.5) is 0 Å². The predicted octanol–water partition coefficient (Wildman–Crippen LogP) is 4.01. The second kappa shape index (κ2) is 11.6. The van der Waals surface area contributed by atoms with Gasteiger partial charge in [-0.3, -0.25) is 14.5 Å². The van der Waals surface area contributed by atoms with Crippen LogP contribution in [0.3, 0.4) is 0 Å². The van der Waals surface area contributed by atoms with Gasteiger partial charge in [-0.2, -0.15) is 0 Å². The van der Waals surface area contributed by atoms with Crippen LogP contribution in [0.25, 0.3) is 0 Å². The number of nitrogens with zero attached hydrogens (tertiary/aromatic N) is 1. The quantitative estimate of drug-likeness (QED) is 0.339. The lowest BCUT2D eigenvalue weighted by atomic mass is 9.72. The molecule has 1 unspecified atom stereocenters. The van der Waals surface area contributed by atoms with Gasteiger partial charge in [-0.1, -0.05) is 61.6 Å². The third kappa shape index (κ3) is 10.1. The minimum Gasteiger partial charge on any atom is -0.395 e. The van der Waals surface area contributed by atoms with Crippen molar-refractivity contribution < 1.29 is 14.7 Å². The van der Waals surface area contributed by atoms with Gasteiger partial charge in [0.2, 0.25) is 11.8 Å². The zero-order chi connectivity index (χ0) is 19.3. The lowest BCUT2D eigenvalue weighted by Crippen LogP contribution is -2.37. The first kappa shape index (κ1) is 28.0. The zero-order valence-electron chi connectivity index (χ0n) is 16.7. The molecular weight excluding hydrogens is 340 g/mol. The van der Waals surface area contributed by atoms with Crippen molar-refractivity contribution >= 4 is 11.8 Å². The number of imide groups is 1. The second-order valence-electron chi connectivity index (χ2n) is 9.29. The first-order valence-electron chi connectivity index (χ1n) is 9.28. The van der Waals surface area contributed by atoms with Crippen molar-refractivity contribution in [3.8, 4) is 0 Å². The van der Waals surface area contributed by atoms with Crippen LogP contribution in [0.5, 0.6) is 0 Å². The van der Waals surface area contributed by atoms with E-state index in [0.29, 0.717) is 26.1 Å². The molecule has 1 rings (SSSR count). The molecule has 2 amide bonds. The van der Waals surface area contributed by atoms with E-state index in [4.69, 9.17) is 5.11 Å². The molecule has 0 aliphatic carbocycles. The molecule has 1 atom stereocenters.